The third kappa shape index (κ3) is 6.21. The van der Waals surface area contributed by atoms with Crippen molar-refractivity contribution in [1.29, 1.82) is 0 Å². The summed E-state index contributed by atoms with van der Waals surface area (Å²) in [5.41, 5.74) is 4.74. The van der Waals surface area contributed by atoms with Gasteiger partial charge in [0.25, 0.3) is 0 Å². The van der Waals surface area contributed by atoms with Crippen LogP contribution >= 0.6 is 0 Å². The molecule has 4 rings (SSSR count). The normalized spacial score (nSPS) is 19.5. The molecule has 0 radical (unpaired) electrons. The fourth-order valence-electron chi connectivity index (χ4n) is 5.53. The van der Waals surface area contributed by atoms with Gasteiger partial charge in [-0.15, -0.1) is 0 Å². The van der Waals surface area contributed by atoms with Gasteiger partial charge in [0.05, 0.1) is 6.42 Å². The molecule has 3 N–H and O–H groups in total. The van der Waals surface area contributed by atoms with Crippen LogP contribution in [0.25, 0.3) is 11.1 Å². The van der Waals surface area contributed by atoms with Crippen LogP contribution in [0.15, 0.2) is 48.5 Å². The first kappa shape index (κ1) is 24.8. The van der Waals surface area contributed by atoms with Crippen LogP contribution in [0.3, 0.4) is 0 Å². The quantitative estimate of drug-likeness (QED) is 0.453. The van der Waals surface area contributed by atoms with Gasteiger partial charge in [-0.1, -0.05) is 61.9 Å². The van der Waals surface area contributed by atoms with Crippen molar-refractivity contribution in [1.82, 2.24) is 10.6 Å². The molecule has 1 saturated carbocycles. The van der Waals surface area contributed by atoms with Gasteiger partial charge in [0.1, 0.15) is 6.61 Å². The van der Waals surface area contributed by atoms with Crippen molar-refractivity contribution in [2.45, 2.75) is 69.9 Å². The van der Waals surface area contributed by atoms with Gasteiger partial charge in [0.15, 0.2) is 0 Å². The molecule has 0 bridgehead atoms. The van der Waals surface area contributed by atoms with E-state index in [4.69, 9.17) is 9.84 Å². The summed E-state index contributed by atoms with van der Waals surface area (Å²) in [6, 6.07) is 16.1. The first-order chi connectivity index (χ1) is 16.9. The molecule has 0 heterocycles. The largest absolute Gasteiger partial charge is 0.481 e. The third-order valence-corrected chi connectivity index (χ3v) is 7.10. The van der Waals surface area contributed by atoms with E-state index < -0.39 is 12.1 Å². The molecule has 35 heavy (non-hydrogen) atoms. The Hall–Kier alpha value is -3.35. The second-order valence-electron chi connectivity index (χ2n) is 9.70. The van der Waals surface area contributed by atoms with E-state index in [1.807, 2.05) is 31.2 Å². The predicted octanol–water partition coefficient (Wildman–Crippen LogP) is 4.84. The van der Waals surface area contributed by atoms with Crippen LogP contribution < -0.4 is 10.6 Å². The van der Waals surface area contributed by atoms with Gasteiger partial charge in [-0.3, -0.25) is 9.59 Å². The van der Waals surface area contributed by atoms with Crippen LogP contribution in [0.5, 0.6) is 0 Å². The lowest BCUT2D eigenvalue weighted by Gasteiger charge is -2.18. The van der Waals surface area contributed by atoms with Crippen molar-refractivity contribution in [3.63, 3.8) is 0 Å². The fraction of sp³-hybridized carbons (Fsp3) is 0.464. The summed E-state index contributed by atoms with van der Waals surface area (Å²) in [5.74, 6) is -0.829. The Labute approximate surface area is 206 Å². The molecule has 0 aliphatic heterocycles. The van der Waals surface area contributed by atoms with Gasteiger partial charge >= 0.3 is 12.1 Å². The molecular weight excluding hydrogens is 444 g/mol. The van der Waals surface area contributed by atoms with Crippen LogP contribution in [0, 0.1) is 5.92 Å². The van der Waals surface area contributed by atoms with Gasteiger partial charge < -0.3 is 20.5 Å². The third-order valence-electron chi connectivity index (χ3n) is 7.10. The standard InChI is InChI=1S/C28H34N2O5/c1-2-7-19(16-27(32)33)29-26(31)15-18-12-13-20(14-18)30-28(34)35-17-25-23-10-5-3-8-21(23)22-9-4-6-11-24(22)25/h3-6,8-11,18-20,25H,2,7,12-17H2,1H3,(H,29,31)(H,30,34)(H,32,33)/t18-,19-,20+/m0/s1. The van der Waals surface area contributed by atoms with Crippen LogP contribution in [-0.4, -0.2) is 41.8 Å². The molecule has 0 spiro atoms. The number of rotatable bonds is 10. The first-order valence-electron chi connectivity index (χ1n) is 12.6. The molecule has 2 aliphatic carbocycles. The average molecular weight is 479 g/mol. The minimum atomic E-state index is -0.906. The van der Waals surface area contributed by atoms with E-state index in [9.17, 15) is 14.4 Å². The number of hydrogen-bond acceptors (Lipinski definition) is 4. The summed E-state index contributed by atoms with van der Waals surface area (Å²) in [6.45, 7) is 2.25. The number of ether oxygens (including phenoxy) is 1. The number of aliphatic carboxylic acids is 1. The number of hydrogen-bond donors (Lipinski definition) is 3. The number of alkyl carbamates (subject to hydrolysis) is 1. The molecule has 2 aliphatic rings. The Morgan fingerprint density at radius 2 is 1.69 bits per heavy atom. The molecule has 2 aromatic carbocycles. The molecule has 0 saturated heterocycles. The molecule has 0 unspecified atom stereocenters. The molecular formula is C28H34N2O5. The Bertz CT molecular complexity index is 1020. The highest BCUT2D eigenvalue weighted by atomic mass is 16.5. The minimum Gasteiger partial charge on any atom is -0.481 e. The van der Waals surface area contributed by atoms with Crippen LogP contribution in [0.2, 0.25) is 0 Å². The second kappa shape index (κ2) is 11.4. The number of fused-ring (bicyclic) bond motifs is 3. The lowest BCUT2D eigenvalue weighted by Crippen LogP contribution is -2.37. The number of amides is 2. The molecule has 1 fully saturated rings. The molecule has 186 valence electrons. The highest BCUT2D eigenvalue weighted by Gasteiger charge is 2.31. The lowest BCUT2D eigenvalue weighted by molar-refractivity contribution is -0.137. The number of carbonyl (C=O) groups excluding carboxylic acids is 2. The topological polar surface area (TPSA) is 105 Å². The summed E-state index contributed by atoms with van der Waals surface area (Å²) in [6.07, 6.45) is 3.69. The number of carbonyl (C=O) groups is 3. The van der Waals surface area contributed by atoms with E-state index in [2.05, 4.69) is 34.9 Å². The lowest BCUT2D eigenvalue weighted by atomic mass is 9.98. The average Bonchev–Trinajstić information content (AvgIpc) is 3.39. The van der Waals surface area contributed by atoms with Gasteiger partial charge in [0, 0.05) is 24.4 Å². The minimum absolute atomic E-state index is 0.0195. The van der Waals surface area contributed by atoms with Crippen LogP contribution in [0.1, 0.15) is 68.9 Å². The number of nitrogens with one attached hydrogen (secondary N) is 2. The Balaban J connectivity index is 1.24. The summed E-state index contributed by atoms with van der Waals surface area (Å²) < 4.78 is 5.65. The maximum Gasteiger partial charge on any atom is 0.407 e. The van der Waals surface area contributed by atoms with Crippen molar-refractivity contribution in [2.75, 3.05) is 6.61 Å². The van der Waals surface area contributed by atoms with E-state index in [1.54, 1.807) is 0 Å². The van der Waals surface area contributed by atoms with Crippen molar-refractivity contribution in [3.8, 4) is 11.1 Å². The van der Waals surface area contributed by atoms with E-state index in [0.29, 0.717) is 12.8 Å². The summed E-state index contributed by atoms with van der Waals surface area (Å²) >= 11 is 0. The van der Waals surface area contributed by atoms with Crippen molar-refractivity contribution >= 4 is 18.0 Å². The van der Waals surface area contributed by atoms with Crippen LogP contribution in [-0.2, 0) is 14.3 Å². The smallest absolute Gasteiger partial charge is 0.407 e. The number of benzene rings is 2. The maximum absolute atomic E-state index is 12.6. The fourth-order valence-corrected chi connectivity index (χ4v) is 5.53. The van der Waals surface area contributed by atoms with Crippen molar-refractivity contribution in [2.24, 2.45) is 5.92 Å². The van der Waals surface area contributed by atoms with E-state index >= 15 is 0 Å². The van der Waals surface area contributed by atoms with Gasteiger partial charge in [-0.25, -0.2) is 4.79 Å². The Morgan fingerprint density at radius 3 is 2.31 bits per heavy atom. The van der Waals surface area contributed by atoms with E-state index in [0.717, 1.165) is 25.7 Å². The van der Waals surface area contributed by atoms with Gasteiger partial charge in [-0.05, 0) is 53.9 Å². The summed E-state index contributed by atoms with van der Waals surface area (Å²) in [5, 5.41) is 14.9. The SMILES string of the molecule is CCC[C@@H](CC(=O)O)NC(=O)C[C@H]1CC[C@@H](NC(=O)OCC2c3ccccc3-c3ccccc32)C1. The predicted molar refractivity (Wildman–Crippen MR) is 133 cm³/mol. The van der Waals surface area contributed by atoms with Gasteiger partial charge in [0.2, 0.25) is 5.91 Å². The second-order valence-corrected chi connectivity index (χ2v) is 9.70. The van der Waals surface area contributed by atoms with Gasteiger partial charge in [-0.2, -0.15) is 0 Å². The van der Waals surface area contributed by atoms with E-state index in [-0.39, 0.29) is 42.9 Å². The van der Waals surface area contributed by atoms with Crippen LogP contribution in [0.4, 0.5) is 4.79 Å². The zero-order valence-electron chi connectivity index (χ0n) is 20.2. The molecule has 7 nitrogen and oxygen atoms in total. The number of carboxylic acids is 1. The number of carboxylic acid groups (broad SMARTS) is 1. The first-order valence-corrected chi connectivity index (χ1v) is 12.6. The highest BCUT2D eigenvalue weighted by molar-refractivity contribution is 5.79. The van der Waals surface area contributed by atoms with E-state index in [1.165, 1.54) is 22.3 Å². The Kier molecular flexibility index (Phi) is 8.06. The van der Waals surface area contributed by atoms with Crippen molar-refractivity contribution in [3.05, 3.63) is 59.7 Å². The zero-order chi connectivity index (χ0) is 24.8. The molecule has 2 aromatic rings. The van der Waals surface area contributed by atoms with Crippen molar-refractivity contribution < 1.29 is 24.2 Å². The summed E-state index contributed by atoms with van der Waals surface area (Å²) in [4.78, 5) is 36.0. The monoisotopic (exact) mass is 478 g/mol. The molecule has 2 amide bonds. The molecule has 7 heteroatoms. The highest BCUT2D eigenvalue weighted by Crippen LogP contribution is 2.44. The molecule has 3 atom stereocenters. The Morgan fingerprint density at radius 1 is 1.03 bits per heavy atom. The summed E-state index contributed by atoms with van der Waals surface area (Å²) in [7, 11) is 0. The maximum atomic E-state index is 12.6. The zero-order valence-corrected chi connectivity index (χ0v) is 20.2. The molecule has 0 aromatic heterocycles.